The molecule has 0 saturated heterocycles. The third-order valence-electron chi connectivity index (χ3n) is 4.78. The Kier molecular flexibility index (Phi) is 8.09. The minimum atomic E-state index is -0.659. The Balaban J connectivity index is 1.37. The zero-order valence-corrected chi connectivity index (χ0v) is 21.6. The monoisotopic (exact) mass is 609 g/mol. The predicted molar refractivity (Wildman–Crippen MR) is 141 cm³/mol. The van der Waals surface area contributed by atoms with E-state index in [0.717, 1.165) is 8.95 Å². The molecule has 2 N–H and O–H groups in total. The molecule has 0 aliphatic rings. The molecule has 1 heterocycles. The van der Waals surface area contributed by atoms with Gasteiger partial charge in [0, 0.05) is 31.3 Å². The first-order valence-electron chi connectivity index (χ1n) is 10.4. The van der Waals surface area contributed by atoms with Crippen LogP contribution in [0.2, 0.25) is 0 Å². The molecule has 0 unspecified atom stereocenters. The Labute approximate surface area is 222 Å². The van der Waals surface area contributed by atoms with Gasteiger partial charge < -0.3 is 14.5 Å². The van der Waals surface area contributed by atoms with Gasteiger partial charge in [0.05, 0.1) is 12.5 Å². The number of ether oxygens (including phenoxy) is 1. The number of carbonyl (C=O) groups is 3. The summed E-state index contributed by atoms with van der Waals surface area (Å²) in [5.41, 5.74) is 4.28. The number of hydrazone groups is 1. The first-order valence-corrected chi connectivity index (χ1v) is 12.0. The summed E-state index contributed by atoms with van der Waals surface area (Å²) in [6.07, 6.45) is 2.74. The van der Waals surface area contributed by atoms with E-state index in [2.05, 4.69) is 47.7 Å². The van der Waals surface area contributed by atoms with E-state index in [1.54, 1.807) is 72.8 Å². The molecule has 180 valence electrons. The zero-order valence-electron chi connectivity index (χ0n) is 18.4. The number of anilines is 1. The molecule has 3 aromatic carbocycles. The fraction of sp³-hybridized carbons (Fsp3) is 0. The van der Waals surface area contributed by atoms with Crippen molar-refractivity contribution in [2.45, 2.75) is 0 Å². The van der Waals surface area contributed by atoms with Crippen LogP contribution in [-0.2, 0) is 0 Å². The van der Waals surface area contributed by atoms with Gasteiger partial charge in [-0.2, -0.15) is 5.10 Å². The average Bonchev–Trinajstić information content (AvgIpc) is 3.42. The second-order valence-electron chi connectivity index (χ2n) is 7.29. The highest BCUT2D eigenvalue weighted by molar-refractivity contribution is 9.10. The van der Waals surface area contributed by atoms with Crippen LogP contribution in [0.1, 0.15) is 36.8 Å². The van der Waals surface area contributed by atoms with Crippen LogP contribution in [-0.4, -0.2) is 24.0 Å². The molecule has 0 radical (unpaired) electrons. The number of rotatable bonds is 7. The van der Waals surface area contributed by atoms with Crippen molar-refractivity contribution in [1.29, 1.82) is 0 Å². The van der Waals surface area contributed by atoms with Crippen LogP contribution < -0.4 is 15.5 Å². The number of nitrogens with one attached hydrogen (secondary N) is 2. The van der Waals surface area contributed by atoms with Gasteiger partial charge in [0.25, 0.3) is 11.8 Å². The Morgan fingerprint density at radius 3 is 2.19 bits per heavy atom. The topological polar surface area (TPSA) is 110 Å². The normalized spacial score (nSPS) is 10.7. The van der Waals surface area contributed by atoms with Crippen molar-refractivity contribution in [1.82, 2.24) is 5.43 Å². The van der Waals surface area contributed by atoms with Crippen molar-refractivity contribution in [3.8, 4) is 5.75 Å². The number of halogens is 2. The van der Waals surface area contributed by atoms with Crippen molar-refractivity contribution in [3.05, 3.63) is 117 Å². The molecule has 4 rings (SSSR count). The van der Waals surface area contributed by atoms with E-state index < -0.39 is 11.9 Å². The van der Waals surface area contributed by atoms with Crippen LogP contribution in [0.3, 0.4) is 0 Å². The first-order chi connectivity index (χ1) is 17.4. The van der Waals surface area contributed by atoms with Crippen molar-refractivity contribution in [2.24, 2.45) is 5.10 Å². The lowest BCUT2D eigenvalue weighted by Crippen LogP contribution is -2.18. The molecular formula is C26H17Br2N3O5. The Bertz CT molecular complexity index is 1420. The van der Waals surface area contributed by atoms with E-state index in [9.17, 15) is 14.4 Å². The number of hydrogen-bond donors (Lipinski definition) is 2. The van der Waals surface area contributed by atoms with Crippen LogP contribution in [0.25, 0.3) is 0 Å². The summed E-state index contributed by atoms with van der Waals surface area (Å²) in [7, 11) is 0. The molecule has 0 spiro atoms. The van der Waals surface area contributed by atoms with E-state index >= 15 is 0 Å². The van der Waals surface area contributed by atoms with Gasteiger partial charge in [0.15, 0.2) is 0 Å². The largest absolute Gasteiger partial charge is 0.457 e. The van der Waals surface area contributed by atoms with Crippen LogP contribution in [0.5, 0.6) is 5.75 Å². The Morgan fingerprint density at radius 2 is 1.50 bits per heavy atom. The number of esters is 1. The van der Waals surface area contributed by atoms with Gasteiger partial charge >= 0.3 is 5.97 Å². The number of benzene rings is 3. The highest BCUT2D eigenvalue weighted by Gasteiger charge is 2.14. The third kappa shape index (κ3) is 6.55. The first kappa shape index (κ1) is 25.1. The number of nitrogens with zero attached hydrogens (tertiary/aromatic N) is 1. The molecule has 10 heteroatoms. The fourth-order valence-corrected chi connectivity index (χ4v) is 3.64. The maximum atomic E-state index is 12.5. The third-order valence-corrected chi connectivity index (χ3v) is 5.80. The maximum Gasteiger partial charge on any atom is 0.379 e. The summed E-state index contributed by atoms with van der Waals surface area (Å²) in [5.74, 6) is -1.08. The Hall–Kier alpha value is -4.02. The molecule has 0 atom stereocenters. The molecule has 8 nitrogen and oxygen atoms in total. The molecule has 0 bridgehead atoms. The quantitative estimate of drug-likeness (QED) is 0.115. The lowest BCUT2D eigenvalue weighted by atomic mass is 10.1. The van der Waals surface area contributed by atoms with Crippen LogP contribution >= 0.6 is 31.9 Å². The van der Waals surface area contributed by atoms with Gasteiger partial charge in [0.1, 0.15) is 5.75 Å². The highest BCUT2D eigenvalue weighted by atomic mass is 79.9. The lowest BCUT2D eigenvalue weighted by molar-refractivity contribution is 0.0700. The van der Waals surface area contributed by atoms with Gasteiger partial charge in [-0.25, -0.2) is 10.2 Å². The van der Waals surface area contributed by atoms with Gasteiger partial charge in [0.2, 0.25) is 5.76 Å². The summed E-state index contributed by atoms with van der Waals surface area (Å²) in [6, 6.07) is 21.4. The second-order valence-corrected chi connectivity index (χ2v) is 9.12. The van der Waals surface area contributed by atoms with Gasteiger partial charge in [-0.1, -0.05) is 31.9 Å². The molecule has 36 heavy (non-hydrogen) atoms. The van der Waals surface area contributed by atoms with E-state index in [-0.39, 0.29) is 17.4 Å². The highest BCUT2D eigenvalue weighted by Crippen LogP contribution is 2.23. The van der Waals surface area contributed by atoms with Gasteiger partial charge in [-0.3, -0.25) is 9.59 Å². The molecule has 0 aliphatic carbocycles. The number of carbonyl (C=O) groups excluding carboxylic acids is 3. The smallest absolute Gasteiger partial charge is 0.379 e. The molecule has 0 saturated carbocycles. The SMILES string of the molecule is O=C(N/N=C\c1cc(Br)ccc1OC(=O)c1ccco1)c1ccc(NC(=O)c2ccc(Br)cc2)cc1. The average molecular weight is 611 g/mol. The van der Waals surface area contributed by atoms with Crippen molar-refractivity contribution in [2.75, 3.05) is 5.32 Å². The fourth-order valence-electron chi connectivity index (χ4n) is 2.99. The van der Waals surface area contributed by atoms with E-state index in [4.69, 9.17) is 9.15 Å². The molecule has 4 aromatic rings. The van der Waals surface area contributed by atoms with Crippen LogP contribution in [0.4, 0.5) is 5.69 Å². The Morgan fingerprint density at radius 1 is 0.833 bits per heavy atom. The lowest BCUT2D eigenvalue weighted by Gasteiger charge is -2.07. The van der Waals surface area contributed by atoms with E-state index in [0.29, 0.717) is 22.4 Å². The number of hydrogen-bond acceptors (Lipinski definition) is 6. The van der Waals surface area contributed by atoms with E-state index in [1.807, 2.05) is 0 Å². The zero-order chi connectivity index (χ0) is 25.5. The maximum absolute atomic E-state index is 12.5. The molecule has 0 aliphatic heterocycles. The van der Waals surface area contributed by atoms with E-state index in [1.165, 1.54) is 18.5 Å². The summed E-state index contributed by atoms with van der Waals surface area (Å²) < 4.78 is 12.0. The van der Waals surface area contributed by atoms with Gasteiger partial charge in [-0.05, 0) is 78.9 Å². The minimum Gasteiger partial charge on any atom is -0.457 e. The second kappa shape index (κ2) is 11.6. The molecule has 1 aromatic heterocycles. The van der Waals surface area contributed by atoms with Gasteiger partial charge in [-0.15, -0.1) is 0 Å². The number of amides is 2. The predicted octanol–water partition coefficient (Wildman–Crippen LogP) is 6.04. The standard InChI is InChI=1S/C26H17Br2N3O5/c27-19-7-3-16(4-8-19)24(32)30-21-10-5-17(6-11-21)25(33)31-29-15-18-14-20(28)9-12-22(18)36-26(34)23-2-1-13-35-23/h1-15H,(H,30,32)(H,31,33)/b29-15-. The molecule has 2 amide bonds. The molecule has 0 fully saturated rings. The van der Waals surface area contributed by atoms with Crippen molar-refractivity contribution >= 4 is 61.5 Å². The van der Waals surface area contributed by atoms with Crippen LogP contribution in [0, 0.1) is 0 Å². The summed E-state index contributed by atoms with van der Waals surface area (Å²) in [5, 5.41) is 6.75. The minimum absolute atomic E-state index is 0.0607. The number of furan rings is 1. The van der Waals surface area contributed by atoms with Crippen molar-refractivity contribution < 1.29 is 23.5 Å². The van der Waals surface area contributed by atoms with Crippen molar-refractivity contribution in [3.63, 3.8) is 0 Å². The summed E-state index contributed by atoms with van der Waals surface area (Å²) in [6.45, 7) is 0. The molecular weight excluding hydrogens is 594 g/mol. The summed E-state index contributed by atoms with van der Waals surface area (Å²) in [4.78, 5) is 37.0. The van der Waals surface area contributed by atoms with Crippen LogP contribution in [0.15, 0.2) is 104 Å². The summed E-state index contributed by atoms with van der Waals surface area (Å²) >= 11 is 6.69.